The first kappa shape index (κ1) is 21.9. The maximum absolute atomic E-state index is 13.6. The highest BCUT2D eigenvalue weighted by atomic mass is 35.5. The van der Waals surface area contributed by atoms with Crippen LogP contribution < -0.4 is 10.2 Å². The smallest absolute Gasteiger partial charge is 0.253 e. The van der Waals surface area contributed by atoms with Crippen LogP contribution >= 0.6 is 11.6 Å². The van der Waals surface area contributed by atoms with E-state index < -0.39 is 5.41 Å². The molecule has 9 heteroatoms. The zero-order chi connectivity index (χ0) is 23.0. The first-order valence-electron chi connectivity index (χ1n) is 11.0. The van der Waals surface area contributed by atoms with E-state index in [4.69, 9.17) is 26.1 Å². The van der Waals surface area contributed by atoms with Crippen molar-refractivity contribution in [3.8, 4) is 0 Å². The molecule has 0 unspecified atom stereocenters. The number of halogens is 1. The second-order valence-corrected chi connectivity index (χ2v) is 8.93. The molecule has 2 saturated heterocycles. The molecule has 0 radical (unpaired) electrons. The molecule has 5 rings (SSSR count). The van der Waals surface area contributed by atoms with Crippen molar-refractivity contribution in [2.75, 3.05) is 43.2 Å². The molecule has 0 saturated carbocycles. The van der Waals surface area contributed by atoms with Gasteiger partial charge in [0.1, 0.15) is 17.8 Å². The molecule has 2 aromatic carbocycles. The molecule has 0 spiro atoms. The summed E-state index contributed by atoms with van der Waals surface area (Å²) in [6, 6.07) is 11.0. The zero-order valence-electron chi connectivity index (χ0n) is 18.3. The van der Waals surface area contributed by atoms with Gasteiger partial charge < -0.3 is 24.7 Å². The number of rotatable bonds is 4. The minimum absolute atomic E-state index is 0.0627. The summed E-state index contributed by atoms with van der Waals surface area (Å²) >= 11 is 6.13. The maximum atomic E-state index is 13.6. The van der Waals surface area contributed by atoms with Gasteiger partial charge in [0.05, 0.1) is 17.6 Å². The highest BCUT2D eigenvalue weighted by molar-refractivity contribution is 6.31. The molecule has 2 aliphatic heterocycles. The van der Waals surface area contributed by atoms with E-state index in [1.54, 1.807) is 11.0 Å². The second-order valence-electron chi connectivity index (χ2n) is 8.49. The topological polar surface area (TPSA) is 96.6 Å². The monoisotopic (exact) mass is 468 g/mol. The molecular weight excluding hydrogens is 444 g/mol. The van der Waals surface area contributed by atoms with Gasteiger partial charge in [-0.15, -0.1) is 0 Å². The molecular formula is C24H25ClN4O4. The van der Waals surface area contributed by atoms with E-state index in [9.17, 15) is 9.59 Å². The SMILES string of the molecule is Cc1cc(NC(=O)C2(c3nc4ccc(Cl)cc4[nH]3)CCOCC2)ccc1N1CCOCC1=O. The predicted octanol–water partition coefficient (Wildman–Crippen LogP) is 3.57. The lowest BCUT2D eigenvalue weighted by molar-refractivity contribution is -0.126. The number of carbonyl (C=O) groups excluding carboxylic acids is 2. The fourth-order valence-corrected chi connectivity index (χ4v) is 4.73. The van der Waals surface area contributed by atoms with Crippen molar-refractivity contribution in [2.24, 2.45) is 0 Å². The largest absolute Gasteiger partial charge is 0.381 e. The van der Waals surface area contributed by atoms with Crippen LogP contribution in [0.4, 0.5) is 11.4 Å². The number of imidazole rings is 1. The standard InChI is InChI=1S/C24H25ClN4O4/c1-15-12-17(3-5-20(15)29-8-11-33-14-21(29)30)26-23(31)24(6-9-32-10-7-24)22-27-18-4-2-16(25)13-19(18)28-22/h2-5,12-13H,6-11,14H2,1H3,(H,26,31)(H,27,28). The van der Waals surface area contributed by atoms with Gasteiger partial charge in [-0.1, -0.05) is 11.6 Å². The summed E-state index contributed by atoms with van der Waals surface area (Å²) in [7, 11) is 0. The summed E-state index contributed by atoms with van der Waals surface area (Å²) in [5.41, 5.74) is 3.14. The van der Waals surface area contributed by atoms with Crippen LogP contribution in [-0.2, 0) is 24.5 Å². The number of nitrogens with one attached hydrogen (secondary N) is 2. The second kappa shape index (κ2) is 8.78. The summed E-state index contributed by atoms with van der Waals surface area (Å²) < 4.78 is 10.8. The third kappa shape index (κ3) is 4.10. The van der Waals surface area contributed by atoms with E-state index in [2.05, 4.69) is 10.3 Å². The quantitative estimate of drug-likeness (QED) is 0.610. The van der Waals surface area contributed by atoms with Crippen molar-refractivity contribution >= 4 is 45.8 Å². The number of aromatic nitrogens is 2. The molecule has 2 amide bonds. The first-order valence-corrected chi connectivity index (χ1v) is 11.4. The molecule has 33 heavy (non-hydrogen) atoms. The third-order valence-corrected chi connectivity index (χ3v) is 6.64. The lowest BCUT2D eigenvalue weighted by atomic mass is 9.78. The third-order valence-electron chi connectivity index (χ3n) is 6.41. The highest BCUT2D eigenvalue weighted by Crippen LogP contribution is 2.36. The molecule has 2 N–H and O–H groups in total. The number of benzene rings is 2. The molecule has 3 heterocycles. The Morgan fingerprint density at radius 2 is 1.97 bits per heavy atom. The number of carbonyl (C=O) groups is 2. The van der Waals surface area contributed by atoms with Crippen molar-refractivity contribution in [3.63, 3.8) is 0 Å². The van der Waals surface area contributed by atoms with Gasteiger partial charge in [-0.05, 0) is 61.7 Å². The number of morpholine rings is 1. The Morgan fingerprint density at radius 1 is 1.15 bits per heavy atom. The van der Waals surface area contributed by atoms with Gasteiger partial charge in [0.2, 0.25) is 5.91 Å². The van der Waals surface area contributed by atoms with E-state index in [1.807, 2.05) is 37.3 Å². The summed E-state index contributed by atoms with van der Waals surface area (Å²) in [5, 5.41) is 3.69. The number of nitrogens with zero attached hydrogens (tertiary/aromatic N) is 2. The Hall–Kier alpha value is -2.94. The molecule has 0 bridgehead atoms. The number of ether oxygens (including phenoxy) is 2. The number of hydrogen-bond acceptors (Lipinski definition) is 5. The molecule has 0 aliphatic carbocycles. The number of amides is 2. The van der Waals surface area contributed by atoms with Gasteiger partial charge in [0.25, 0.3) is 5.91 Å². The van der Waals surface area contributed by atoms with Crippen molar-refractivity contribution in [1.82, 2.24) is 9.97 Å². The number of aryl methyl sites for hydroxylation is 1. The predicted molar refractivity (Wildman–Crippen MR) is 126 cm³/mol. The van der Waals surface area contributed by atoms with Gasteiger partial charge in [0.15, 0.2) is 0 Å². The van der Waals surface area contributed by atoms with Gasteiger partial charge in [-0.3, -0.25) is 9.59 Å². The number of aromatic amines is 1. The van der Waals surface area contributed by atoms with Crippen molar-refractivity contribution in [1.29, 1.82) is 0 Å². The Morgan fingerprint density at radius 3 is 2.73 bits per heavy atom. The lowest BCUT2D eigenvalue weighted by Crippen LogP contribution is -2.45. The van der Waals surface area contributed by atoms with Crippen LogP contribution in [0.2, 0.25) is 5.02 Å². The summed E-state index contributed by atoms with van der Waals surface area (Å²) in [4.78, 5) is 35.6. The first-order chi connectivity index (χ1) is 16.0. The van der Waals surface area contributed by atoms with Gasteiger partial charge in [-0.2, -0.15) is 0 Å². The van der Waals surface area contributed by atoms with Crippen LogP contribution in [0.5, 0.6) is 0 Å². The number of hydrogen-bond donors (Lipinski definition) is 2. The van der Waals surface area contributed by atoms with E-state index in [1.165, 1.54) is 0 Å². The van der Waals surface area contributed by atoms with E-state index in [0.717, 1.165) is 22.3 Å². The van der Waals surface area contributed by atoms with E-state index >= 15 is 0 Å². The molecule has 172 valence electrons. The Balaban J connectivity index is 1.43. The number of anilines is 2. The summed E-state index contributed by atoms with van der Waals surface area (Å²) in [6.45, 7) is 4.00. The Labute approximate surface area is 196 Å². The maximum Gasteiger partial charge on any atom is 0.253 e. The fourth-order valence-electron chi connectivity index (χ4n) is 4.56. The molecule has 2 aliphatic rings. The fraction of sp³-hybridized carbons (Fsp3) is 0.375. The average Bonchev–Trinajstić information content (AvgIpc) is 3.24. The minimum Gasteiger partial charge on any atom is -0.381 e. The summed E-state index contributed by atoms with van der Waals surface area (Å²) in [5.74, 6) is 0.422. The normalized spacial score (nSPS) is 18.5. The van der Waals surface area contributed by atoms with Crippen molar-refractivity contribution in [2.45, 2.75) is 25.2 Å². The average molecular weight is 469 g/mol. The Kier molecular flexibility index (Phi) is 5.82. The van der Waals surface area contributed by atoms with Gasteiger partial charge in [0, 0.05) is 36.2 Å². The van der Waals surface area contributed by atoms with Crippen LogP contribution in [0.1, 0.15) is 24.2 Å². The zero-order valence-corrected chi connectivity index (χ0v) is 19.1. The molecule has 0 atom stereocenters. The Bertz CT molecular complexity index is 1220. The van der Waals surface area contributed by atoms with Crippen molar-refractivity contribution in [3.05, 3.63) is 52.8 Å². The van der Waals surface area contributed by atoms with Crippen LogP contribution in [0.25, 0.3) is 11.0 Å². The van der Waals surface area contributed by atoms with Gasteiger partial charge in [-0.25, -0.2) is 4.98 Å². The molecule has 1 aromatic heterocycles. The number of H-pyrrole nitrogens is 1. The van der Waals surface area contributed by atoms with Crippen LogP contribution in [0.3, 0.4) is 0 Å². The van der Waals surface area contributed by atoms with Crippen LogP contribution in [0, 0.1) is 6.92 Å². The molecule has 2 fully saturated rings. The van der Waals surface area contributed by atoms with Crippen LogP contribution in [0.15, 0.2) is 36.4 Å². The molecule has 3 aromatic rings. The highest BCUT2D eigenvalue weighted by Gasteiger charge is 2.44. The van der Waals surface area contributed by atoms with E-state index in [0.29, 0.717) is 55.7 Å². The van der Waals surface area contributed by atoms with Crippen LogP contribution in [-0.4, -0.2) is 54.8 Å². The lowest BCUT2D eigenvalue weighted by Gasteiger charge is -2.34. The van der Waals surface area contributed by atoms with Crippen molar-refractivity contribution < 1.29 is 19.1 Å². The van der Waals surface area contributed by atoms with Gasteiger partial charge >= 0.3 is 0 Å². The summed E-state index contributed by atoms with van der Waals surface area (Å²) in [6.07, 6.45) is 1.04. The molecule has 8 nitrogen and oxygen atoms in total. The number of fused-ring (bicyclic) bond motifs is 1. The van der Waals surface area contributed by atoms with E-state index in [-0.39, 0.29) is 18.4 Å². The minimum atomic E-state index is -0.837.